The maximum absolute atomic E-state index is 13.5. The van der Waals surface area contributed by atoms with Crippen LogP contribution in [0.1, 0.15) is 50.1 Å². The Hall–Kier alpha value is -3.98. The number of sulfone groups is 1. The second kappa shape index (κ2) is 10.8. The molecule has 3 heterocycles. The van der Waals surface area contributed by atoms with E-state index in [0.717, 1.165) is 48.2 Å². The largest absolute Gasteiger partial charge is 0.480 e. The van der Waals surface area contributed by atoms with E-state index in [9.17, 15) is 18.5 Å². The van der Waals surface area contributed by atoms with Crippen LogP contribution in [0.3, 0.4) is 0 Å². The van der Waals surface area contributed by atoms with Crippen molar-refractivity contribution in [3.8, 4) is 28.9 Å². The number of hydrogen-bond acceptors (Lipinski definition) is 9. The molecule has 2 aromatic heterocycles. The van der Waals surface area contributed by atoms with Crippen LogP contribution in [0.25, 0.3) is 16.9 Å². The molecular formula is C29H33N7O4S. The number of nitrogens with zero attached hydrogens (tertiary/aromatic N) is 6. The van der Waals surface area contributed by atoms with Crippen LogP contribution in [-0.4, -0.2) is 71.5 Å². The number of nitrogens with one attached hydrogen (secondary N) is 1. The highest BCUT2D eigenvalue weighted by Gasteiger charge is 2.47. The number of aromatic nitrogens is 4. The van der Waals surface area contributed by atoms with E-state index in [0.29, 0.717) is 37.6 Å². The average molecular weight is 576 g/mol. The highest BCUT2D eigenvalue weighted by molar-refractivity contribution is 7.91. The van der Waals surface area contributed by atoms with Gasteiger partial charge in [-0.15, -0.1) is 10.2 Å². The molecule has 12 heteroatoms. The third-order valence-electron chi connectivity index (χ3n) is 8.48. The van der Waals surface area contributed by atoms with E-state index in [2.05, 4.69) is 26.5 Å². The van der Waals surface area contributed by atoms with Crippen molar-refractivity contribution in [1.29, 1.82) is 5.26 Å². The minimum atomic E-state index is -2.96. The summed E-state index contributed by atoms with van der Waals surface area (Å²) in [5, 5.41) is 25.9. The Morgan fingerprint density at radius 1 is 1.07 bits per heavy atom. The zero-order chi connectivity index (χ0) is 28.6. The van der Waals surface area contributed by atoms with Crippen molar-refractivity contribution in [3.05, 3.63) is 48.3 Å². The molecule has 1 saturated heterocycles. The first-order chi connectivity index (χ1) is 19.8. The van der Waals surface area contributed by atoms with Crippen LogP contribution >= 0.6 is 0 Å². The number of benzene rings is 1. The first-order valence-electron chi connectivity index (χ1n) is 14.1. The molecule has 0 bridgehead atoms. The number of hydrogen-bond donors (Lipinski definition) is 1. The SMILES string of the molecule is COc1ccc(-n2cc(-c3ccc(N4CCS(=O)(=O)CC4)cc3)c([C@@H]3CCCC[C@H]3C(=O)NC3(C#N)CC3)n2)nn1. The molecule has 1 aliphatic heterocycles. The first kappa shape index (κ1) is 27.2. The summed E-state index contributed by atoms with van der Waals surface area (Å²) in [5.41, 5.74) is 2.92. The molecule has 3 aromatic rings. The van der Waals surface area contributed by atoms with Crippen LogP contribution in [0.4, 0.5) is 5.69 Å². The number of ether oxygens (including phenoxy) is 1. The summed E-state index contributed by atoms with van der Waals surface area (Å²) in [6, 6.07) is 13.9. The van der Waals surface area contributed by atoms with Crippen LogP contribution in [-0.2, 0) is 14.6 Å². The number of carbonyl (C=O) groups excluding carboxylic acids is 1. The fraction of sp³-hybridized carbons (Fsp3) is 0.483. The Bertz CT molecular complexity index is 1560. The van der Waals surface area contributed by atoms with Gasteiger partial charge in [0.15, 0.2) is 15.7 Å². The molecule has 1 amide bonds. The highest BCUT2D eigenvalue weighted by Crippen LogP contribution is 2.43. The molecule has 2 saturated carbocycles. The van der Waals surface area contributed by atoms with Gasteiger partial charge in [0, 0.05) is 48.4 Å². The van der Waals surface area contributed by atoms with Crippen molar-refractivity contribution in [3.63, 3.8) is 0 Å². The second-order valence-corrected chi connectivity index (χ2v) is 13.5. The van der Waals surface area contributed by atoms with Gasteiger partial charge in [-0.3, -0.25) is 4.79 Å². The number of anilines is 1. The molecule has 3 aliphatic rings. The molecule has 0 unspecified atom stereocenters. The van der Waals surface area contributed by atoms with Crippen LogP contribution in [0, 0.1) is 17.2 Å². The molecule has 0 radical (unpaired) electrons. The molecule has 1 aromatic carbocycles. The first-order valence-corrected chi connectivity index (χ1v) is 15.9. The molecule has 0 spiro atoms. The molecular weight excluding hydrogens is 542 g/mol. The summed E-state index contributed by atoms with van der Waals surface area (Å²) >= 11 is 0. The highest BCUT2D eigenvalue weighted by atomic mass is 32.2. The quantitative estimate of drug-likeness (QED) is 0.450. The molecule has 214 valence electrons. The molecule has 2 aliphatic carbocycles. The summed E-state index contributed by atoms with van der Waals surface area (Å²) < 4.78 is 30.6. The fourth-order valence-corrected chi connectivity index (χ4v) is 7.06. The summed E-state index contributed by atoms with van der Waals surface area (Å²) in [6.07, 6.45) is 6.81. The van der Waals surface area contributed by atoms with Crippen molar-refractivity contribution >= 4 is 21.4 Å². The van der Waals surface area contributed by atoms with Gasteiger partial charge in [0.25, 0.3) is 0 Å². The van der Waals surface area contributed by atoms with Crippen LogP contribution < -0.4 is 15.0 Å². The summed E-state index contributed by atoms with van der Waals surface area (Å²) in [4.78, 5) is 15.6. The Morgan fingerprint density at radius 3 is 2.44 bits per heavy atom. The second-order valence-electron chi connectivity index (χ2n) is 11.2. The number of nitriles is 1. The zero-order valence-corrected chi connectivity index (χ0v) is 23.8. The monoisotopic (exact) mass is 575 g/mol. The van der Waals surface area contributed by atoms with Crippen molar-refractivity contribution < 1.29 is 17.9 Å². The van der Waals surface area contributed by atoms with Crippen LogP contribution in [0.2, 0.25) is 0 Å². The minimum Gasteiger partial charge on any atom is -0.480 e. The predicted molar refractivity (Wildman–Crippen MR) is 152 cm³/mol. The molecule has 41 heavy (non-hydrogen) atoms. The topological polar surface area (TPSA) is 143 Å². The lowest BCUT2D eigenvalue weighted by Crippen LogP contribution is -2.42. The zero-order valence-electron chi connectivity index (χ0n) is 23.0. The number of rotatable bonds is 7. The predicted octanol–water partition coefficient (Wildman–Crippen LogP) is 3.02. The Morgan fingerprint density at radius 2 is 1.80 bits per heavy atom. The van der Waals surface area contributed by atoms with E-state index in [1.54, 1.807) is 16.8 Å². The van der Waals surface area contributed by atoms with Gasteiger partial charge in [-0.2, -0.15) is 10.4 Å². The summed E-state index contributed by atoms with van der Waals surface area (Å²) in [5.74, 6) is 0.773. The van der Waals surface area contributed by atoms with E-state index in [4.69, 9.17) is 9.84 Å². The van der Waals surface area contributed by atoms with Gasteiger partial charge in [-0.25, -0.2) is 13.1 Å². The van der Waals surface area contributed by atoms with Gasteiger partial charge in [0.05, 0.1) is 30.4 Å². The van der Waals surface area contributed by atoms with E-state index >= 15 is 0 Å². The molecule has 2 atom stereocenters. The van der Waals surface area contributed by atoms with Gasteiger partial charge < -0.3 is 15.0 Å². The van der Waals surface area contributed by atoms with E-state index < -0.39 is 15.4 Å². The number of methoxy groups -OCH3 is 1. The summed E-state index contributed by atoms with van der Waals surface area (Å²) in [6.45, 7) is 0.952. The lowest BCUT2D eigenvalue weighted by atomic mass is 9.75. The van der Waals surface area contributed by atoms with Gasteiger partial charge >= 0.3 is 0 Å². The lowest BCUT2D eigenvalue weighted by Gasteiger charge is -2.31. The Labute approximate surface area is 239 Å². The van der Waals surface area contributed by atoms with E-state index in [1.165, 1.54) is 7.11 Å². The lowest BCUT2D eigenvalue weighted by molar-refractivity contribution is -0.127. The van der Waals surface area contributed by atoms with Crippen molar-refractivity contribution in [2.24, 2.45) is 5.92 Å². The standard InChI is InChI=1S/C29H33N7O4S/c1-40-26-11-10-25(32-33-26)36-18-24(20-6-8-21(9-7-20)35-14-16-41(38,39)17-15-35)27(34-36)22-4-2-3-5-23(22)28(37)31-29(19-30)12-13-29/h6-11,18,22-23H,2-5,12-17H2,1H3,(H,31,37)/t22-,23-/m1/s1. The van der Waals surface area contributed by atoms with Gasteiger partial charge in [0.2, 0.25) is 11.8 Å². The van der Waals surface area contributed by atoms with Gasteiger partial charge in [-0.05, 0) is 49.4 Å². The molecule has 1 N–H and O–H groups in total. The maximum atomic E-state index is 13.5. The van der Waals surface area contributed by atoms with E-state index in [-0.39, 0.29) is 29.2 Å². The molecule has 11 nitrogen and oxygen atoms in total. The minimum absolute atomic E-state index is 0.0751. The Balaban J connectivity index is 1.35. The van der Waals surface area contributed by atoms with Crippen molar-refractivity contribution in [1.82, 2.24) is 25.3 Å². The van der Waals surface area contributed by atoms with Gasteiger partial charge in [-0.1, -0.05) is 25.0 Å². The van der Waals surface area contributed by atoms with Crippen LogP contribution in [0.5, 0.6) is 5.88 Å². The number of carbonyl (C=O) groups is 1. The smallest absolute Gasteiger partial charge is 0.233 e. The third kappa shape index (κ3) is 5.63. The van der Waals surface area contributed by atoms with Gasteiger partial charge in [0.1, 0.15) is 5.54 Å². The molecule has 6 rings (SSSR count). The van der Waals surface area contributed by atoms with Crippen LogP contribution in [0.15, 0.2) is 42.6 Å². The fourth-order valence-electron chi connectivity index (χ4n) is 5.86. The third-order valence-corrected chi connectivity index (χ3v) is 10.1. The summed E-state index contributed by atoms with van der Waals surface area (Å²) in [7, 11) is -1.43. The maximum Gasteiger partial charge on any atom is 0.233 e. The number of amides is 1. The van der Waals surface area contributed by atoms with Crippen molar-refractivity contribution in [2.45, 2.75) is 50.0 Å². The Kier molecular flexibility index (Phi) is 7.15. The molecule has 3 fully saturated rings. The van der Waals surface area contributed by atoms with Crippen molar-refractivity contribution in [2.75, 3.05) is 36.6 Å². The average Bonchev–Trinajstić information content (AvgIpc) is 3.63. The van der Waals surface area contributed by atoms with E-state index in [1.807, 2.05) is 30.5 Å². The normalized spacial score (nSPS) is 22.9.